The Labute approximate surface area is 178 Å². The summed E-state index contributed by atoms with van der Waals surface area (Å²) in [6.45, 7) is 7.37. The van der Waals surface area contributed by atoms with Gasteiger partial charge in [-0.1, -0.05) is 60.2 Å². The molecule has 0 radical (unpaired) electrons. The second-order valence-electron chi connectivity index (χ2n) is 7.97. The molecule has 0 N–H and O–H groups in total. The number of imide groups is 1. The van der Waals surface area contributed by atoms with Crippen LogP contribution in [0.15, 0.2) is 60.3 Å². The van der Waals surface area contributed by atoms with Crippen LogP contribution in [0.2, 0.25) is 0 Å². The molecule has 0 aromatic heterocycles. The maximum atomic E-state index is 13.3. The summed E-state index contributed by atoms with van der Waals surface area (Å²) in [7, 11) is 1.87. The van der Waals surface area contributed by atoms with Crippen molar-refractivity contribution in [3.63, 3.8) is 0 Å². The largest absolute Gasteiger partial charge is 0.379 e. The molecule has 3 rings (SSSR count). The first-order valence-electron chi connectivity index (χ1n) is 10.4. The number of hydrogen-bond acceptors (Lipinski definition) is 4. The molecule has 0 fully saturated rings. The van der Waals surface area contributed by atoms with E-state index in [9.17, 15) is 9.59 Å². The predicted molar refractivity (Wildman–Crippen MR) is 118 cm³/mol. The molecular formula is C25H30N2O3. The number of benzene rings is 2. The highest BCUT2D eigenvalue weighted by molar-refractivity contribution is 6.35. The predicted octanol–water partition coefficient (Wildman–Crippen LogP) is 4.02. The molecule has 1 heterocycles. The lowest BCUT2D eigenvalue weighted by atomic mass is 10.0. The zero-order valence-electron chi connectivity index (χ0n) is 18.2. The van der Waals surface area contributed by atoms with E-state index in [2.05, 4.69) is 0 Å². The van der Waals surface area contributed by atoms with Crippen LogP contribution in [0.3, 0.4) is 0 Å². The molecule has 0 aliphatic carbocycles. The Morgan fingerprint density at radius 3 is 2.27 bits per heavy atom. The zero-order valence-corrected chi connectivity index (χ0v) is 18.2. The Bertz CT molecular complexity index is 917. The Morgan fingerprint density at radius 1 is 0.967 bits per heavy atom. The SMILES string of the molecule is Cc1ccc(C2=C(N(C)Cc3ccccc3)C(=O)N(CCCOC(C)C)C2=O)cc1. The molecule has 0 unspecified atom stereocenters. The van der Waals surface area contributed by atoms with Crippen LogP contribution in [0.25, 0.3) is 5.57 Å². The first-order valence-corrected chi connectivity index (χ1v) is 10.4. The number of ether oxygens (including phenoxy) is 1. The van der Waals surface area contributed by atoms with Crippen LogP contribution in [-0.4, -0.2) is 47.9 Å². The molecular weight excluding hydrogens is 376 g/mol. The minimum atomic E-state index is -0.237. The monoisotopic (exact) mass is 406 g/mol. The first-order chi connectivity index (χ1) is 14.4. The highest BCUT2D eigenvalue weighted by Crippen LogP contribution is 2.32. The highest BCUT2D eigenvalue weighted by atomic mass is 16.5. The van der Waals surface area contributed by atoms with Crippen LogP contribution >= 0.6 is 0 Å². The molecule has 0 saturated heterocycles. The molecule has 2 aromatic carbocycles. The van der Waals surface area contributed by atoms with Crippen molar-refractivity contribution >= 4 is 17.4 Å². The van der Waals surface area contributed by atoms with Gasteiger partial charge in [-0.3, -0.25) is 14.5 Å². The van der Waals surface area contributed by atoms with Gasteiger partial charge in [0.25, 0.3) is 11.8 Å². The van der Waals surface area contributed by atoms with E-state index in [0.29, 0.717) is 37.4 Å². The Hall–Kier alpha value is -2.92. The molecule has 0 saturated carbocycles. The Morgan fingerprint density at radius 2 is 1.63 bits per heavy atom. The number of carbonyl (C=O) groups is 2. The summed E-state index contributed by atoms with van der Waals surface area (Å²) >= 11 is 0. The third kappa shape index (κ3) is 4.97. The van der Waals surface area contributed by atoms with Gasteiger partial charge in [-0.15, -0.1) is 0 Å². The van der Waals surface area contributed by atoms with Gasteiger partial charge < -0.3 is 9.64 Å². The third-order valence-corrected chi connectivity index (χ3v) is 5.11. The van der Waals surface area contributed by atoms with Crippen molar-refractivity contribution in [1.82, 2.24) is 9.80 Å². The quantitative estimate of drug-likeness (QED) is 0.466. The second-order valence-corrected chi connectivity index (χ2v) is 7.97. The number of carbonyl (C=O) groups excluding carboxylic acids is 2. The van der Waals surface area contributed by atoms with Gasteiger partial charge in [0, 0.05) is 26.7 Å². The third-order valence-electron chi connectivity index (χ3n) is 5.11. The lowest BCUT2D eigenvalue weighted by molar-refractivity contribution is -0.137. The smallest absolute Gasteiger partial charge is 0.277 e. The number of nitrogens with zero attached hydrogens (tertiary/aromatic N) is 2. The van der Waals surface area contributed by atoms with Crippen LogP contribution in [-0.2, 0) is 20.9 Å². The molecule has 1 aliphatic heterocycles. The van der Waals surface area contributed by atoms with Crippen LogP contribution in [0, 0.1) is 6.92 Å². The van der Waals surface area contributed by atoms with E-state index in [-0.39, 0.29) is 17.9 Å². The maximum absolute atomic E-state index is 13.3. The van der Waals surface area contributed by atoms with Gasteiger partial charge in [0.1, 0.15) is 5.70 Å². The van der Waals surface area contributed by atoms with Gasteiger partial charge in [-0.25, -0.2) is 0 Å². The fraction of sp³-hybridized carbons (Fsp3) is 0.360. The average Bonchev–Trinajstić information content (AvgIpc) is 2.97. The Balaban J connectivity index is 1.88. The molecule has 0 spiro atoms. The topological polar surface area (TPSA) is 49.9 Å². The molecule has 0 bridgehead atoms. The minimum Gasteiger partial charge on any atom is -0.379 e. The first kappa shape index (κ1) is 21.8. The molecule has 5 heteroatoms. The molecule has 30 heavy (non-hydrogen) atoms. The van der Waals surface area contributed by atoms with Crippen molar-refractivity contribution in [3.05, 3.63) is 77.0 Å². The summed E-state index contributed by atoms with van der Waals surface area (Å²) in [6.07, 6.45) is 0.746. The van der Waals surface area contributed by atoms with E-state index in [1.807, 2.05) is 87.3 Å². The summed E-state index contributed by atoms with van der Waals surface area (Å²) < 4.78 is 5.58. The van der Waals surface area contributed by atoms with Crippen molar-refractivity contribution in [2.24, 2.45) is 0 Å². The van der Waals surface area contributed by atoms with Gasteiger partial charge >= 0.3 is 0 Å². The lowest BCUT2D eigenvalue weighted by Gasteiger charge is -2.21. The van der Waals surface area contributed by atoms with Gasteiger partial charge in [-0.05, 0) is 38.3 Å². The van der Waals surface area contributed by atoms with Crippen LogP contribution in [0.1, 0.15) is 37.0 Å². The lowest BCUT2D eigenvalue weighted by Crippen LogP contribution is -2.35. The van der Waals surface area contributed by atoms with E-state index >= 15 is 0 Å². The van der Waals surface area contributed by atoms with E-state index in [4.69, 9.17) is 4.74 Å². The van der Waals surface area contributed by atoms with Crippen molar-refractivity contribution in [3.8, 4) is 0 Å². The summed E-state index contributed by atoms with van der Waals surface area (Å²) in [5.41, 5.74) is 3.90. The fourth-order valence-electron chi connectivity index (χ4n) is 3.58. The van der Waals surface area contributed by atoms with Gasteiger partial charge in [0.2, 0.25) is 0 Å². The number of likely N-dealkylation sites (N-methyl/N-ethyl adjacent to an activating group) is 1. The standard InChI is InChI=1S/C25H30N2O3/c1-18(2)30-16-8-15-27-24(28)22(21-13-11-19(3)12-14-21)23(25(27)29)26(4)17-20-9-6-5-7-10-20/h5-7,9-14,18H,8,15-17H2,1-4H3. The number of aryl methyl sites for hydroxylation is 1. The number of amides is 2. The van der Waals surface area contributed by atoms with Crippen molar-refractivity contribution in [1.29, 1.82) is 0 Å². The highest BCUT2D eigenvalue weighted by Gasteiger charge is 2.40. The summed E-state index contributed by atoms with van der Waals surface area (Å²) in [5.74, 6) is -0.470. The summed E-state index contributed by atoms with van der Waals surface area (Å²) in [6, 6.07) is 17.7. The number of hydrogen-bond donors (Lipinski definition) is 0. The van der Waals surface area contributed by atoms with Crippen molar-refractivity contribution in [2.75, 3.05) is 20.2 Å². The number of rotatable bonds is 9. The second kappa shape index (κ2) is 9.72. The van der Waals surface area contributed by atoms with Crippen LogP contribution in [0.4, 0.5) is 0 Å². The normalized spacial score (nSPS) is 14.2. The molecule has 2 aromatic rings. The van der Waals surface area contributed by atoms with E-state index < -0.39 is 0 Å². The molecule has 1 aliphatic rings. The zero-order chi connectivity index (χ0) is 21.7. The van der Waals surface area contributed by atoms with E-state index in [0.717, 1.165) is 16.7 Å². The summed E-state index contributed by atoms with van der Waals surface area (Å²) in [5, 5.41) is 0. The average molecular weight is 407 g/mol. The van der Waals surface area contributed by atoms with Crippen LogP contribution in [0.5, 0.6) is 0 Å². The van der Waals surface area contributed by atoms with Crippen molar-refractivity contribution in [2.45, 2.75) is 39.8 Å². The van der Waals surface area contributed by atoms with E-state index in [1.54, 1.807) is 0 Å². The maximum Gasteiger partial charge on any atom is 0.277 e. The van der Waals surface area contributed by atoms with E-state index in [1.165, 1.54) is 4.90 Å². The van der Waals surface area contributed by atoms with Gasteiger partial charge in [-0.2, -0.15) is 0 Å². The van der Waals surface area contributed by atoms with Gasteiger partial charge in [0.15, 0.2) is 0 Å². The Kier molecular flexibility index (Phi) is 7.06. The van der Waals surface area contributed by atoms with Crippen LogP contribution < -0.4 is 0 Å². The molecule has 5 nitrogen and oxygen atoms in total. The molecule has 2 amide bonds. The van der Waals surface area contributed by atoms with Crippen molar-refractivity contribution < 1.29 is 14.3 Å². The summed E-state index contributed by atoms with van der Waals surface area (Å²) in [4.78, 5) is 29.8. The molecule has 158 valence electrons. The minimum absolute atomic E-state index is 0.129. The molecule has 0 atom stereocenters. The van der Waals surface area contributed by atoms with Gasteiger partial charge in [0.05, 0.1) is 11.7 Å². The fourth-order valence-corrected chi connectivity index (χ4v) is 3.58.